The normalized spacial score (nSPS) is 10.1. The summed E-state index contributed by atoms with van der Waals surface area (Å²) >= 11 is 3.10. The Hall–Kier alpha value is -0.900. The van der Waals surface area contributed by atoms with E-state index in [9.17, 15) is 8.78 Å². The highest BCUT2D eigenvalue weighted by Gasteiger charge is 2.08. The Morgan fingerprint density at radius 3 is 2.67 bits per heavy atom. The Balaban J connectivity index is 2.72. The number of nitrogens with one attached hydrogen (secondary N) is 1. The predicted molar refractivity (Wildman–Crippen MR) is 62.0 cm³/mol. The van der Waals surface area contributed by atoms with Crippen molar-refractivity contribution in [1.82, 2.24) is 0 Å². The molecule has 15 heavy (non-hydrogen) atoms. The van der Waals surface area contributed by atoms with E-state index < -0.39 is 11.6 Å². The van der Waals surface area contributed by atoms with Crippen molar-refractivity contribution in [2.45, 2.75) is 13.3 Å². The number of halogens is 3. The second-order valence-electron chi connectivity index (χ2n) is 3.38. The van der Waals surface area contributed by atoms with Gasteiger partial charge in [-0.25, -0.2) is 8.78 Å². The van der Waals surface area contributed by atoms with E-state index in [0.717, 1.165) is 18.1 Å². The van der Waals surface area contributed by atoms with Crippen molar-refractivity contribution in [3.8, 4) is 0 Å². The van der Waals surface area contributed by atoms with E-state index in [2.05, 4.69) is 27.8 Å². The Morgan fingerprint density at radius 2 is 2.13 bits per heavy atom. The Bertz CT molecular complexity index is 354. The maximum absolute atomic E-state index is 13.3. The minimum atomic E-state index is -0.594. The summed E-state index contributed by atoms with van der Waals surface area (Å²) in [7, 11) is 0. The average molecular weight is 276 g/mol. The molecule has 0 aliphatic rings. The van der Waals surface area contributed by atoms with Gasteiger partial charge in [-0.2, -0.15) is 0 Å². The van der Waals surface area contributed by atoms with Crippen molar-refractivity contribution >= 4 is 21.6 Å². The highest BCUT2D eigenvalue weighted by Crippen LogP contribution is 2.26. The first-order chi connectivity index (χ1) is 7.00. The zero-order chi connectivity index (χ0) is 11.4. The molecule has 1 aromatic rings. The molecule has 0 saturated heterocycles. The average Bonchev–Trinajstić information content (AvgIpc) is 2.08. The third kappa shape index (κ3) is 3.63. The van der Waals surface area contributed by atoms with Crippen LogP contribution in [0.5, 0.6) is 0 Å². The van der Waals surface area contributed by atoms with E-state index in [1.165, 1.54) is 6.07 Å². The molecule has 0 spiro atoms. The Labute approximate surface area is 96.3 Å². The van der Waals surface area contributed by atoms with E-state index in [0.29, 0.717) is 11.0 Å². The van der Waals surface area contributed by atoms with Crippen molar-refractivity contribution in [1.29, 1.82) is 0 Å². The fourth-order valence-corrected chi connectivity index (χ4v) is 1.66. The van der Waals surface area contributed by atoms with Crippen LogP contribution < -0.4 is 5.32 Å². The summed E-state index contributed by atoms with van der Waals surface area (Å²) in [5.41, 5.74) is 1.30. The molecule has 0 amide bonds. The van der Waals surface area contributed by atoms with Crippen molar-refractivity contribution in [2.24, 2.45) is 0 Å². The van der Waals surface area contributed by atoms with Crippen LogP contribution in [-0.4, -0.2) is 6.54 Å². The molecule has 1 N–H and O–H groups in total. The minimum absolute atomic E-state index is 0.289. The second-order valence-corrected chi connectivity index (χ2v) is 4.23. The maximum Gasteiger partial charge on any atom is 0.150 e. The molecule has 1 nitrogen and oxygen atoms in total. The largest absolute Gasteiger partial charge is 0.381 e. The number of anilines is 1. The quantitative estimate of drug-likeness (QED) is 0.816. The lowest BCUT2D eigenvalue weighted by atomic mass is 10.2. The van der Waals surface area contributed by atoms with Gasteiger partial charge in [0.15, 0.2) is 0 Å². The molecule has 4 heteroatoms. The molecule has 0 aliphatic carbocycles. The first kappa shape index (κ1) is 12.2. The molecule has 0 aromatic heterocycles. The van der Waals surface area contributed by atoms with Crippen molar-refractivity contribution < 1.29 is 8.78 Å². The van der Waals surface area contributed by atoms with E-state index in [4.69, 9.17) is 0 Å². The molecule has 0 fully saturated rings. The van der Waals surface area contributed by atoms with E-state index >= 15 is 0 Å². The summed E-state index contributed by atoms with van der Waals surface area (Å²) in [5, 5.41) is 2.89. The van der Waals surface area contributed by atoms with Crippen LogP contribution in [0.2, 0.25) is 0 Å². The van der Waals surface area contributed by atoms with Crippen LogP contribution >= 0.6 is 15.9 Å². The lowest BCUT2D eigenvalue weighted by molar-refractivity contribution is 0.583. The zero-order valence-electron chi connectivity index (χ0n) is 8.41. The minimum Gasteiger partial charge on any atom is -0.381 e. The zero-order valence-corrected chi connectivity index (χ0v) is 10.00. The fourth-order valence-electron chi connectivity index (χ4n) is 1.11. The summed E-state index contributed by atoms with van der Waals surface area (Å²) in [4.78, 5) is 0. The second kappa shape index (κ2) is 5.26. The lowest BCUT2D eigenvalue weighted by Gasteiger charge is -2.09. The van der Waals surface area contributed by atoms with Crippen molar-refractivity contribution in [2.75, 3.05) is 11.9 Å². The molecule has 0 heterocycles. The molecular weight excluding hydrogens is 264 g/mol. The lowest BCUT2D eigenvalue weighted by Crippen LogP contribution is -2.04. The van der Waals surface area contributed by atoms with Gasteiger partial charge in [0.05, 0.1) is 5.69 Å². The van der Waals surface area contributed by atoms with E-state index in [1.807, 2.05) is 6.92 Å². The van der Waals surface area contributed by atoms with Gasteiger partial charge in [-0.15, -0.1) is 6.58 Å². The summed E-state index contributed by atoms with van der Waals surface area (Å²) < 4.78 is 26.4. The van der Waals surface area contributed by atoms with Crippen LogP contribution in [0, 0.1) is 11.6 Å². The van der Waals surface area contributed by atoms with E-state index in [-0.39, 0.29) is 5.69 Å². The van der Waals surface area contributed by atoms with Gasteiger partial charge < -0.3 is 5.32 Å². The molecule has 82 valence electrons. The summed E-state index contributed by atoms with van der Waals surface area (Å²) in [5.74, 6) is -1.19. The van der Waals surface area contributed by atoms with Crippen LogP contribution in [0.4, 0.5) is 14.5 Å². The topological polar surface area (TPSA) is 12.0 Å². The molecular formula is C11H12BrF2N. The van der Waals surface area contributed by atoms with Crippen molar-refractivity contribution in [3.05, 3.63) is 40.4 Å². The number of hydrogen-bond donors (Lipinski definition) is 1. The number of rotatable bonds is 4. The molecule has 0 aliphatic heterocycles. The first-order valence-corrected chi connectivity index (χ1v) is 5.33. The molecule has 0 saturated carbocycles. The fraction of sp³-hybridized carbons (Fsp3) is 0.273. The standard InChI is InChI=1S/C11H12BrF2N/c1-7(2)3-4-15-11-9(12)5-8(13)6-10(11)14/h5-6,15H,1,3-4H2,2H3. The number of benzene rings is 1. The summed E-state index contributed by atoms with van der Waals surface area (Å²) in [6.07, 6.45) is 0.753. The van der Waals surface area contributed by atoms with Crippen molar-refractivity contribution in [3.63, 3.8) is 0 Å². The van der Waals surface area contributed by atoms with Crippen LogP contribution in [0.25, 0.3) is 0 Å². The van der Waals surface area contributed by atoms with Gasteiger partial charge in [0.2, 0.25) is 0 Å². The van der Waals surface area contributed by atoms with Crippen LogP contribution in [-0.2, 0) is 0 Å². The molecule has 0 atom stereocenters. The Kier molecular flexibility index (Phi) is 4.27. The monoisotopic (exact) mass is 275 g/mol. The summed E-state index contributed by atoms with van der Waals surface area (Å²) in [6.45, 7) is 6.22. The molecule has 1 rings (SSSR count). The van der Waals surface area contributed by atoms with Gasteiger partial charge in [0.1, 0.15) is 11.6 Å². The van der Waals surface area contributed by atoms with Gasteiger partial charge in [0.25, 0.3) is 0 Å². The highest BCUT2D eigenvalue weighted by atomic mass is 79.9. The summed E-state index contributed by atoms with van der Waals surface area (Å²) in [6, 6.07) is 2.08. The molecule has 1 aromatic carbocycles. The SMILES string of the molecule is C=C(C)CCNc1c(F)cc(F)cc1Br. The van der Waals surface area contributed by atoms with Crippen LogP contribution in [0.3, 0.4) is 0 Å². The first-order valence-electron chi connectivity index (χ1n) is 4.53. The van der Waals surface area contributed by atoms with Gasteiger partial charge in [0, 0.05) is 17.1 Å². The third-order valence-corrected chi connectivity index (χ3v) is 2.49. The molecule has 0 radical (unpaired) electrons. The van der Waals surface area contributed by atoms with Gasteiger partial charge in [-0.1, -0.05) is 5.57 Å². The Morgan fingerprint density at radius 1 is 1.47 bits per heavy atom. The van der Waals surface area contributed by atoms with Crippen LogP contribution in [0.15, 0.2) is 28.8 Å². The highest BCUT2D eigenvalue weighted by molar-refractivity contribution is 9.10. The van der Waals surface area contributed by atoms with Gasteiger partial charge in [-0.3, -0.25) is 0 Å². The van der Waals surface area contributed by atoms with Gasteiger partial charge in [-0.05, 0) is 35.3 Å². The molecule has 0 unspecified atom stereocenters. The maximum atomic E-state index is 13.3. The number of hydrogen-bond acceptors (Lipinski definition) is 1. The molecule has 0 bridgehead atoms. The smallest absolute Gasteiger partial charge is 0.150 e. The predicted octanol–water partition coefficient (Wildman–Crippen LogP) is 4.11. The third-order valence-electron chi connectivity index (χ3n) is 1.86. The van der Waals surface area contributed by atoms with Gasteiger partial charge >= 0.3 is 0 Å². The van der Waals surface area contributed by atoms with Crippen LogP contribution in [0.1, 0.15) is 13.3 Å². The van der Waals surface area contributed by atoms with E-state index in [1.54, 1.807) is 0 Å².